The molecule has 104 valence electrons. The number of carboxylic acid groups (broad SMARTS) is 1. The summed E-state index contributed by atoms with van der Waals surface area (Å²) in [5.41, 5.74) is 2.09. The number of hydrogen-bond acceptors (Lipinski definition) is 2. The zero-order chi connectivity index (χ0) is 14.5. The fourth-order valence-corrected chi connectivity index (χ4v) is 2.38. The van der Waals surface area contributed by atoms with E-state index in [0.717, 1.165) is 11.1 Å². The Morgan fingerprint density at radius 2 is 1.85 bits per heavy atom. The molecule has 0 aliphatic heterocycles. The highest BCUT2D eigenvalue weighted by molar-refractivity contribution is 6.31. The Morgan fingerprint density at radius 3 is 2.55 bits per heavy atom. The van der Waals surface area contributed by atoms with Crippen LogP contribution in [0, 0.1) is 0 Å². The van der Waals surface area contributed by atoms with Gasteiger partial charge in [-0.15, -0.1) is 0 Å². The topological polar surface area (TPSA) is 49.3 Å². The third-order valence-corrected chi connectivity index (χ3v) is 3.56. The van der Waals surface area contributed by atoms with Crippen molar-refractivity contribution >= 4 is 17.6 Å². The van der Waals surface area contributed by atoms with Crippen LogP contribution >= 0.6 is 11.6 Å². The van der Waals surface area contributed by atoms with Gasteiger partial charge in [-0.05, 0) is 30.2 Å². The molecule has 0 amide bonds. The Bertz CT molecular complexity index is 613. The maximum absolute atomic E-state index is 11.1. The molecule has 0 bridgehead atoms. The van der Waals surface area contributed by atoms with E-state index in [2.05, 4.69) is 5.32 Å². The van der Waals surface area contributed by atoms with E-state index in [1.807, 2.05) is 43.3 Å². The van der Waals surface area contributed by atoms with Crippen LogP contribution in [-0.4, -0.2) is 11.1 Å². The largest absolute Gasteiger partial charge is 0.478 e. The Kier molecular flexibility index (Phi) is 4.77. The molecule has 0 spiro atoms. The maximum atomic E-state index is 11.1. The highest BCUT2D eigenvalue weighted by Crippen LogP contribution is 2.22. The summed E-state index contributed by atoms with van der Waals surface area (Å²) in [6.07, 6.45) is 0. The summed E-state index contributed by atoms with van der Waals surface area (Å²) in [5.74, 6) is -0.909. The van der Waals surface area contributed by atoms with Crippen molar-refractivity contribution in [3.8, 4) is 0 Å². The van der Waals surface area contributed by atoms with E-state index in [4.69, 9.17) is 16.7 Å². The van der Waals surface area contributed by atoms with Gasteiger partial charge < -0.3 is 10.4 Å². The van der Waals surface area contributed by atoms with Gasteiger partial charge >= 0.3 is 5.97 Å². The molecule has 0 radical (unpaired) electrons. The molecule has 0 aliphatic rings. The van der Waals surface area contributed by atoms with Gasteiger partial charge in [-0.1, -0.05) is 48.0 Å². The van der Waals surface area contributed by atoms with E-state index in [-0.39, 0.29) is 6.04 Å². The van der Waals surface area contributed by atoms with Crippen molar-refractivity contribution in [2.24, 2.45) is 0 Å². The summed E-state index contributed by atoms with van der Waals surface area (Å²) in [6.45, 7) is 2.49. The third-order valence-electron chi connectivity index (χ3n) is 3.22. The molecule has 4 heteroatoms. The van der Waals surface area contributed by atoms with Crippen LogP contribution in [0.3, 0.4) is 0 Å². The van der Waals surface area contributed by atoms with Gasteiger partial charge in [-0.25, -0.2) is 4.79 Å². The third kappa shape index (κ3) is 3.38. The van der Waals surface area contributed by atoms with Crippen LogP contribution in [0.5, 0.6) is 0 Å². The molecule has 1 atom stereocenters. The summed E-state index contributed by atoms with van der Waals surface area (Å²) < 4.78 is 0. The van der Waals surface area contributed by atoms with Gasteiger partial charge in [0.1, 0.15) is 0 Å². The standard InChI is InChI=1S/C16H16ClNO2/c1-11(13-7-4-5-9-15(13)17)18-10-12-6-2-3-8-14(12)16(19)20/h2-9,11,18H,10H2,1H3,(H,19,20)/t11-/m0/s1. The number of aromatic carboxylic acids is 1. The second-order valence-corrected chi connectivity index (χ2v) is 4.99. The van der Waals surface area contributed by atoms with E-state index in [9.17, 15) is 4.79 Å². The average molecular weight is 290 g/mol. The van der Waals surface area contributed by atoms with E-state index in [1.165, 1.54) is 0 Å². The molecule has 0 saturated heterocycles. The number of nitrogens with one attached hydrogen (secondary N) is 1. The van der Waals surface area contributed by atoms with Crippen molar-refractivity contribution < 1.29 is 9.90 Å². The van der Waals surface area contributed by atoms with Crippen molar-refractivity contribution in [3.63, 3.8) is 0 Å². The van der Waals surface area contributed by atoms with Crippen LogP contribution in [0.2, 0.25) is 5.02 Å². The van der Waals surface area contributed by atoms with Crippen molar-refractivity contribution in [2.75, 3.05) is 0 Å². The molecule has 0 aromatic heterocycles. The molecular formula is C16H16ClNO2. The SMILES string of the molecule is C[C@H](NCc1ccccc1C(=O)O)c1ccccc1Cl. The van der Waals surface area contributed by atoms with Crippen molar-refractivity contribution in [2.45, 2.75) is 19.5 Å². The zero-order valence-electron chi connectivity index (χ0n) is 11.1. The Labute approximate surface area is 123 Å². The fourth-order valence-electron chi connectivity index (χ4n) is 2.08. The lowest BCUT2D eigenvalue weighted by molar-refractivity contribution is 0.0695. The minimum Gasteiger partial charge on any atom is -0.478 e. The monoisotopic (exact) mass is 289 g/mol. The minimum atomic E-state index is -0.909. The van der Waals surface area contributed by atoms with Crippen LogP contribution in [0.25, 0.3) is 0 Å². The molecule has 2 aromatic carbocycles. The van der Waals surface area contributed by atoms with E-state index >= 15 is 0 Å². The molecule has 0 saturated carbocycles. The van der Waals surface area contributed by atoms with Gasteiger partial charge in [0.2, 0.25) is 0 Å². The summed E-state index contributed by atoms with van der Waals surface area (Å²) >= 11 is 6.15. The lowest BCUT2D eigenvalue weighted by Crippen LogP contribution is -2.20. The summed E-state index contributed by atoms with van der Waals surface area (Å²) in [6, 6.07) is 14.7. The van der Waals surface area contributed by atoms with Crippen molar-refractivity contribution in [1.82, 2.24) is 5.32 Å². The van der Waals surface area contributed by atoms with Crippen molar-refractivity contribution in [1.29, 1.82) is 0 Å². The van der Waals surface area contributed by atoms with Crippen LogP contribution in [0.1, 0.15) is 34.5 Å². The molecule has 2 N–H and O–H groups in total. The first-order valence-electron chi connectivity index (χ1n) is 6.38. The molecule has 0 heterocycles. The second kappa shape index (κ2) is 6.55. The van der Waals surface area contributed by atoms with Gasteiger partial charge in [0.15, 0.2) is 0 Å². The van der Waals surface area contributed by atoms with E-state index < -0.39 is 5.97 Å². The first-order chi connectivity index (χ1) is 9.59. The highest BCUT2D eigenvalue weighted by Gasteiger charge is 2.12. The first kappa shape index (κ1) is 14.6. The van der Waals surface area contributed by atoms with Gasteiger partial charge in [0.05, 0.1) is 5.56 Å². The Morgan fingerprint density at radius 1 is 1.20 bits per heavy atom. The number of rotatable bonds is 5. The summed E-state index contributed by atoms with van der Waals surface area (Å²) in [7, 11) is 0. The molecule has 0 unspecified atom stereocenters. The number of benzene rings is 2. The van der Waals surface area contributed by atoms with Crippen LogP contribution < -0.4 is 5.32 Å². The first-order valence-corrected chi connectivity index (χ1v) is 6.76. The number of hydrogen-bond donors (Lipinski definition) is 2. The quantitative estimate of drug-likeness (QED) is 0.878. The predicted molar refractivity (Wildman–Crippen MR) is 80.1 cm³/mol. The number of halogens is 1. The average Bonchev–Trinajstić information content (AvgIpc) is 2.45. The van der Waals surface area contributed by atoms with E-state index in [1.54, 1.807) is 12.1 Å². The molecule has 2 rings (SSSR count). The molecule has 0 fully saturated rings. The molecule has 20 heavy (non-hydrogen) atoms. The van der Waals surface area contributed by atoms with Gasteiger partial charge in [-0.3, -0.25) is 0 Å². The highest BCUT2D eigenvalue weighted by atomic mass is 35.5. The molecule has 2 aromatic rings. The smallest absolute Gasteiger partial charge is 0.336 e. The minimum absolute atomic E-state index is 0.0468. The number of carbonyl (C=O) groups is 1. The normalized spacial score (nSPS) is 12.1. The maximum Gasteiger partial charge on any atom is 0.336 e. The second-order valence-electron chi connectivity index (χ2n) is 4.59. The fraction of sp³-hybridized carbons (Fsp3) is 0.188. The zero-order valence-corrected chi connectivity index (χ0v) is 11.9. The molecule has 3 nitrogen and oxygen atoms in total. The lowest BCUT2D eigenvalue weighted by atomic mass is 10.1. The molecular weight excluding hydrogens is 274 g/mol. The van der Waals surface area contributed by atoms with Crippen LogP contribution in [0.15, 0.2) is 48.5 Å². The summed E-state index contributed by atoms with van der Waals surface area (Å²) in [4.78, 5) is 11.1. The van der Waals surface area contributed by atoms with E-state index in [0.29, 0.717) is 17.1 Å². The molecule has 0 aliphatic carbocycles. The van der Waals surface area contributed by atoms with Gasteiger partial charge in [0, 0.05) is 17.6 Å². The summed E-state index contributed by atoms with van der Waals surface area (Å²) in [5, 5.41) is 13.2. The van der Waals surface area contributed by atoms with Crippen LogP contribution in [0.4, 0.5) is 0 Å². The lowest BCUT2D eigenvalue weighted by Gasteiger charge is -2.16. The van der Waals surface area contributed by atoms with Gasteiger partial charge in [0.25, 0.3) is 0 Å². The Balaban J connectivity index is 2.10. The predicted octanol–water partition coefficient (Wildman–Crippen LogP) is 3.89. The Hall–Kier alpha value is -1.84. The van der Waals surface area contributed by atoms with Crippen LogP contribution in [-0.2, 0) is 6.54 Å². The van der Waals surface area contributed by atoms with Crippen molar-refractivity contribution in [3.05, 3.63) is 70.2 Å². The number of carboxylic acids is 1. The van der Waals surface area contributed by atoms with Gasteiger partial charge in [-0.2, -0.15) is 0 Å².